The molecule has 1 aromatic carbocycles. The van der Waals surface area contributed by atoms with Crippen molar-refractivity contribution in [3.8, 4) is 6.07 Å². The lowest BCUT2D eigenvalue weighted by atomic mass is 10.1. The van der Waals surface area contributed by atoms with Gasteiger partial charge in [0.2, 0.25) is 0 Å². The Balaban J connectivity index is 2.93. The molecule has 0 spiro atoms. The smallest absolute Gasteiger partial charge is 0.254 e. The minimum absolute atomic E-state index is 0.0796. The molecule has 0 bridgehead atoms. The summed E-state index contributed by atoms with van der Waals surface area (Å²) in [6, 6.07) is 7.50. The molecule has 0 aromatic heterocycles. The van der Waals surface area contributed by atoms with Gasteiger partial charge in [-0.05, 0) is 37.1 Å². The normalized spacial score (nSPS) is 9.76. The summed E-state index contributed by atoms with van der Waals surface area (Å²) in [5.74, 6) is -0.0796. The largest absolute Gasteiger partial charge is 0.325 e. The van der Waals surface area contributed by atoms with Gasteiger partial charge in [0, 0.05) is 16.6 Å². The summed E-state index contributed by atoms with van der Waals surface area (Å²) in [5, 5.41) is 8.71. The molecule has 17 heavy (non-hydrogen) atoms. The second-order valence-electron chi connectivity index (χ2n) is 3.85. The van der Waals surface area contributed by atoms with Gasteiger partial charge in [-0.3, -0.25) is 4.79 Å². The second kappa shape index (κ2) is 6.41. The molecule has 0 aliphatic heterocycles. The van der Waals surface area contributed by atoms with E-state index in [1.165, 1.54) is 0 Å². The van der Waals surface area contributed by atoms with E-state index < -0.39 is 0 Å². The molecule has 0 aliphatic rings. The molecule has 3 nitrogen and oxygen atoms in total. The van der Waals surface area contributed by atoms with Gasteiger partial charge < -0.3 is 4.90 Å². The number of hydrogen-bond donors (Lipinski definition) is 0. The fourth-order valence-electron chi connectivity index (χ4n) is 1.57. The van der Waals surface area contributed by atoms with Crippen LogP contribution >= 0.6 is 15.9 Å². The SMILES string of the molecule is CCCN(CC#N)C(=O)c1ccc(Br)c(C)c1. The van der Waals surface area contributed by atoms with Gasteiger partial charge in [-0.25, -0.2) is 0 Å². The predicted octanol–water partition coefficient (Wildman–Crippen LogP) is 3.13. The van der Waals surface area contributed by atoms with Gasteiger partial charge in [0.25, 0.3) is 5.91 Å². The number of carbonyl (C=O) groups is 1. The summed E-state index contributed by atoms with van der Waals surface area (Å²) in [6.07, 6.45) is 0.850. The quantitative estimate of drug-likeness (QED) is 0.801. The van der Waals surface area contributed by atoms with Crippen LogP contribution in [0.4, 0.5) is 0 Å². The molecule has 1 amide bonds. The molecule has 0 atom stereocenters. The van der Waals surface area contributed by atoms with Gasteiger partial charge in [-0.15, -0.1) is 0 Å². The van der Waals surface area contributed by atoms with Crippen LogP contribution in [0.5, 0.6) is 0 Å². The van der Waals surface area contributed by atoms with Crippen LogP contribution in [0.15, 0.2) is 22.7 Å². The lowest BCUT2D eigenvalue weighted by molar-refractivity contribution is 0.0776. The Hall–Kier alpha value is -1.34. The highest BCUT2D eigenvalue weighted by atomic mass is 79.9. The van der Waals surface area contributed by atoms with Gasteiger partial charge >= 0.3 is 0 Å². The molecule has 0 aliphatic carbocycles. The summed E-state index contributed by atoms with van der Waals surface area (Å²) < 4.78 is 0.983. The van der Waals surface area contributed by atoms with Crippen molar-refractivity contribution in [2.24, 2.45) is 0 Å². The molecular weight excluding hydrogens is 280 g/mol. The van der Waals surface area contributed by atoms with Crippen LogP contribution < -0.4 is 0 Å². The van der Waals surface area contributed by atoms with Crippen molar-refractivity contribution in [2.75, 3.05) is 13.1 Å². The maximum atomic E-state index is 12.1. The second-order valence-corrected chi connectivity index (χ2v) is 4.70. The van der Waals surface area contributed by atoms with Gasteiger partial charge in [-0.1, -0.05) is 22.9 Å². The highest BCUT2D eigenvalue weighted by molar-refractivity contribution is 9.10. The lowest BCUT2D eigenvalue weighted by Crippen LogP contribution is -2.32. The Kier molecular flexibility index (Phi) is 5.17. The van der Waals surface area contributed by atoms with E-state index in [1.54, 1.807) is 11.0 Å². The fraction of sp³-hybridized carbons (Fsp3) is 0.385. The van der Waals surface area contributed by atoms with Gasteiger partial charge in [0.1, 0.15) is 6.54 Å². The Labute approximate surface area is 110 Å². The first-order valence-corrected chi connectivity index (χ1v) is 6.31. The lowest BCUT2D eigenvalue weighted by Gasteiger charge is -2.19. The molecule has 90 valence electrons. The maximum absolute atomic E-state index is 12.1. The van der Waals surface area contributed by atoms with E-state index >= 15 is 0 Å². The summed E-state index contributed by atoms with van der Waals surface area (Å²) in [7, 11) is 0. The molecule has 0 saturated heterocycles. The number of nitriles is 1. The molecular formula is C13H15BrN2O. The molecule has 1 rings (SSSR count). The van der Waals surface area contributed by atoms with Crippen molar-refractivity contribution in [1.29, 1.82) is 5.26 Å². The first-order valence-electron chi connectivity index (χ1n) is 5.52. The van der Waals surface area contributed by atoms with Crippen molar-refractivity contribution in [3.63, 3.8) is 0 Å². The molecule has 0 saturated carbocycles. The Morgan fingerprint density at radius 1 is 1.53 bits per heavy atom. The minimum Gasteiger partial charge on any atom is -0.325 e. The van der Waals surface area contributed by atoms with E-state index in [9.17, 15) is 4.79 Å². The summed E-state index contributed by atoms with van der Waals surface area (Å²) >= 11 is 3.40. The zero-order valence-electron chi connectivity index (χ0n) is 10.0. The molecule has 0 radical (unpaired) electrons. The van der Waals surface area contributed by atoms with Crippen molar-refractivity contribution >= 4 is 21.8 Å². The standard InChI is InChI=1S/C13H15BrN2O/c1-3-7-16(8-6-15)13(17)11-4-5-12(14)10(2)9-11/h4-5,9H,3,7-8H2,1-2H3. The number of hydrogen-bond acceptors (Lipinski definition) is 2. The van der Waals surface area contributed by atoms with E-state index in [0.717, 1.165) is 16.5 Å². The molecule has 0 N–H and O–H groups in total. The van der Waals surface area contributed by atoms with Crippen LogP contribution in [-0.4, -0.2) is 23.9 Å². The van der Waals surface area contributed by atoms with Crippen LogP contribution in [-0.2, 0) is 0 Å². The Morgan fingerprint density at radius 3 is 2.76 bits per heavy atom. The van der Waals surface area contributed by atoms with Crippen LogP contribution in [0.3, 0.4) is 0 Å². The van der Waals surface area contributed by atoms with E-state index in [4.69, 9.17) is 5.26 Å². The first kappa shape index (κ1) is 13.7. The average Bonchev–Trinajstić information content (AvgIpc) is 2.31. The molecule has 0 fully saturated rings. The first-order chi connectivity index (χ1) is 8.10. The number of halogens is 1. The number of nitrogens with zero attached hydrogens (tertiary/aromatic N) is 2. The van der Waals surface area contributed by atoms with Crippen LogP contribution in [0, 0.1) is 18.3 Å². The third-order valence-electron chi connectivity index (χ3n) is 2.45. The Morgan fingerprint density at radius 2 is 2.24 bits per heavy atom. The third kappa shape index (κ3) is 3.57. The van der Waals surface area contributed by atoms with Gasteiger partial charge in [0.15, 0.2) is 0 Å². The minimum atomic E-state index is -0.0796. The predicted molar refractivity (Wildman–Crippen MR) is 70.7 cm³/mol. The zero-order valence-corrected chi connectivity index (χ0v) is 11.6. The maximum Gasteiger partial charge on any atom is 0.254 e. The highest BCUT2D eigenvalue weighted by Gasteiger charge is 2.14. The molecule has 4 heteroatoms. The van der Waals surface area contributed by atoms with E-state index in [2.05, 4.69) is 15.9 Å². The van der Waals surface area contributed by atoms with Crippen molar-refractivity contribution in [3.05, 3.63) is 33.8 Å². The average molecular weight is 295 g/mol. The monoisotopic (exact) mass is 294 g/mol. The third-order valence-corrected chi connectivity index (χ3v) is 3.34. The van der Waals surface area contributed by atoms with Crippen molar-refractivity contribution in [2.45, 2.75) is 20.3 Å². The molecule has 0 heterocycles. The number of amides is 1. The summed E-state index contributed by atoms with van der Waals surface area (Å²) in [4.78, 5) is 13.7. The van der Waals surface area contributed by atoms with E-state index in [1.807, 2.05) is 32.0 Å². The highest BCUT2D eigenvalue weighted by Crippen LogP contribution is 2.18. The van der Waals surface area contributed by atoms with Crippen LogP contribution in [0.2, 0.25) is 0 Å². The number of aryl methyl sites for hydroxylation is 1. The molecule has 1 aromatic rings. The van der Waals surface area contributed by atoms with Crippen molar-refractivity contribution < 1.29 is 4.79 Å². The summed E-state index contributed by atoms with van der Waals surface area (Å²) in [6.45, 7) is 4.68. The van der Waals surface area contributed by atoms with E-state index in [0.29, 0.717) is 12.1 Å². The van der Waals surface area contributed by atoms with Gasteiger partial charge in [-0.2, -0.15) is 5.26 Å². The van der Waals surface area contributed by atoms with Crippen LogP contribution in [0.1, 0.15) is 29.3 Å². The zero-order chi connectivity index (χ0) is 12.8. The number of benzene rings is 1. The van der Waals surface area contributed by atoms with Crippen LogP contribution in [0.25, 0.3) is 0 Å². The van der Waals surface area contributed by atoms with Gasteiger partial charge in [0.05, 0.1) is 6.07 Å². The summed E-state index contributed by atoms with van der Waals surface area (Å²) in [5.41, 5.74) is 1.65. The van der Waals surface area contributed by atoms with E-state index in [-0.39, 0.29) is 12.5 Å². The number of rotatable bonds is 4. The van der Waals surface area contributed by atoms with Crippen molar-refractivity contribution in [1.82, 2.24) is 4.90 Å². The molecule has 0 unspecified atom stereocenters. The fourth-order valence-corrected chi connectivity index (χ4v) is 1.81. The number of carbonyl (C=O) groups excluding carboxylic acids is 1. The Bertz CT molecular complexity index is 451. The topological polar surface area (TPSA) is 44.1 Å².